The van der Waals surface area contributed by atoms with Gasteiger partial charge in [0.05, 0.1) is 7.11 Å². The fourth-order valence-corrected chi connectivity index (χ4v) is 2.82. The summed E-state index contributed by atoms with van der Waals surface area (Å²) in [6.45, 7) is 6.24. The van der Waals surface area contributed by atoms with E-state index in [4.69, 9.17) is 9.72 Å². The van der Waals surface area contributed by atoms with Gasteiger partial charge >= 0.3 is 0 Å². The molecule has 21 heavy (non-hydrogen) atoms. The molecule has 0 amide bonds. The molecule has 5 heteroatoms. The van der Waals surface area contributed by atoms with Crippen LogP contribution in [0.3, 0.4) is 0 Å². The summed E-state index contributed by atoms with van der Waals surface area (Å²) in [5.41, 5.74) is 1.06. The first-order valence-electron chi connectivity index (χ1n) is 6.93. The largest absolute Gasteiger partial charge is 0.497 e. The Balaban J connectivity index is 2.40. The normalized spacial score (nSPS) is 10.8. The van der Waals surface area contributed by atoms with Crippen molar-refractivity contribution in [3.05, 3.63) is 35.7 Å². The van der Waals surface area contributed by atoms with Crippen molar-refractivity contribution in [1.82, 2.24) is 9.97 Å². The van der Waals surface area contributed by atoms with Crippen LogP contribution in [0.2, 0.25) is 0 Å². The smallest absolute Gasteiger partial charge is 0.134 e. The molecule has 1 heterocycles. The first kappa shape index (κ1) is 15.6. The zero-order chi connectivity index (χ0) is 15.4. The van der Waals surface area contributed by atoms with Crippen LogP contribution in [0.4, 0.5) is 5.82 Å². The molecule has 2 aromatic rings. The molecule has 0 radical (unpaired) electrons. The molecular formula is C16H21N3OS. The molecule has 112 valence electrons. The number of anilines is 1. The van der Waals surface area contributed by atoms with Gasteiger partial charge in [0.1, 0.15) is 22.4 Å². The monoisotopic (exact) mass is 303 g/mol. The highest BCUT2D eigenvalue weighted by Gasteiger charge is 2.13. The Morgan fingerprint density at radius 3 is 2.62 bits per heavy atom. The van der Waals surface area contributed by atoms with Crippen molar-refractivity contribution in [2.24, 2.45) is 0 Å². The van der Waals surface area contributed by atoms with Crippen molar-refractivity contribution in [2.45, 2.75) is 36.6 Å². The number of nitrogens with one attached hydrogen (secondary N) is 1. The molecule has 0 atom stereocenters. The lowest BCUT2D eigenvalue weighted by atomic mass is 10.2. The molecule has 1 aromatic carbocycles. The summed E-state index contributed by atoms with van der Waals surface area (Å²) < 4.78 is 5.27. The standard InChI is InChI=1S/C16H21N3OS/c1-10(2)14-18-15(17-4)11(3)16(19-14)21-13-8-6-7-12(9-13)20-5/h6-10H,1-5H3,(H,17,18,19). The Morgan fingerprint density at radius 1 is 1.24 bits per heavy atom. The van der Waals surface area contributed by atoms with Crippen molar-refractivity contribution < 1.29 is 4.74 Å². The van der Waals surface area contributed by atoms with Gasteiger partial charge in [-0.25, -0.2) is 9.97 Å². The van der Waals surface area contributed by atoms with E-state index in [0.717, 1.165) is 32.9 Å². The molecule has 0 aliphatic rings. The Bertz CT molecular complexity index is 629. The quantitative estimate of drug-likeness (QED) is 0.842. The molecule has 0 aliphatic heterocycles. The number of methoxy groups -OCH3 is 1. The van der Waals surface area contributed by atoms with Gasteiger partial charge in [-0.3, -0.25) is 0 Å². The van der Waals surface area contributed by atoms with Gasteiger partial charge in [-0.2, -0.15) is 0 Å². The van der Waals surface area contributed by atoms with E-state index in [1.54, 1.807) is 18.9 Å². The van der Waals surface area contributed by atoms with Crippen LogP contribution < -0.4 is 10.1 Å². The molecule has 0 unspecified atom stereocenters. The predicted molar refractivity (Wildman–Crippen MR) is 87.5 cm³/mol. The number of aromatic nitrogens is 2. The van der Waals surface area contributed by atoms with E-state index in [-0.39, 0.29) is 0 Å². The summed E-state index contributed by atoms with van der Waals surface area (Å²) in [5, 5.41) is 4.13. The second kappa shape index (κ2) is 6.80. The average molecular weight is 303 g/mol. The maximum absolute atomic E-state index is 5.27. The minimum atomic E-state index is 0.294. The average Bonchev–Trinajstić information content (AvgIpc) is 2.49. The van der Waals surface area contributed by atoms with E-state index < -0.39 is 0 Å². The zero-order valence-electron chi connectivity index (χ0n) is 13.1. The summed E-state index contributed by atoms with van der Waals surface area (Å²) in [4.78, 5) is 10.4. The van der Waals surface area contributed by atoms with Crippen LogP contribution in [-0.2, 0) is 0 Å². The molecule has 0 saturated heterocycles. The van der Waals surface area contributed by atoms with Crippen LogP contribution in [0, 0.1) is 6.92 Å². The topological polar surface area (TPSA) is 47.0 Å². The first-order chi connectivity index (χ1) is 10.0. The molecular weight excluding hydrogens is 282 g/mol. The second-order valence-corrected chi connectivity index (χ2v) is 6.11. The molecule has 1 N–H and O–H groups in total. The van der Waals surface area contributed by atoms with Crippen molar-refractivity contribution in [1.29, 1.82) is 0 Å². The van der Waals surface area contributed by atoms with Crippen LogP contribution in [0.25, 0.3) is 0 Å². The van der Waals surface area contributed by atoms with Crippen LogP contribution in [0.15, 0.2) is 34.2 Å². The van der Waals surface area contributed by atoms with Gasteiger partial charge in [0.25, 0.3) is 0 Å². The van der Waals surface area contributed by atoms with E-state index in [1.807, 2.05) is 32.2 Å². The summed E-state index contributed by atoms with van der Waals surface area (Å²) in [6.07, 6.45) is 0. The van der Waals surface area contributed by atoms with E-state index in [9.17, 15) is 0 Å². The van der Waals surface area contributed by atoms with E-state index >= 15 is 0 Å². The molecule has 0 fully saturated rings. The summed E-state index contributed by atoms with van der Waals surface area (Å²) >= 11 is 1.63. The van der Waals surface area contributed by atoms with Gasteiger partial charge in [-0.05, 0) is 25.1 Å². The third-order valence-electron chi connectivity index (χ3n) is 3.13. The number of ether oxygens (including phenoxy) is 1. The van der Waals surface area contributed by atoms with Crippen LogP contribution >= 0.6 is 11.8 Å². The Kier molecular flexibility index (Phi) is 5.07. The summed E-state index contributed by atoms with van der Waals surface area (Å²) in [5.74, 6) is 2.89. The van der Waals surface area contributed by atoms with Gasteiger partial charge in [0, 0.05) is 23.4 Å². The fourth-order valence-electron chi connectivity index (χ4n) is 1.89. The summed E-state index contributed by atoms with van der Waals surface area (Å²) in [6, 6.07) is 8.00. The van der Waals surface area contributed by atoms with Gasteiger partial charge in [-0.1, -0.05) is 31.7 Å². The molecule has 0 spiro atoms. The third-order valence-corrected chi connectivity index (χ3v) is 4.21. The fraction of sp³-hybridized carbons (Fsp3) is 0.375. The highest BCUT2D eigenvalue weighted by Crippen LogP contribution is 2.33. The first-order valence-corrected chi connectivity index (χ1v) is 7.75. The van der Waals surface area contributed by atoms with E-state index in [1.165, 1.54) is 0 Å². The maximum atomic E-state index is 5.27. The number of benzene rings is 1. The Labute approximate surface area is 130 Å². The zero-order valence-corrected chi connectivity index (χ0v) is 13.9. The lowest BCUT2D eigenvalue weighted by Crippen LogP contribution is -2.06. The van der Waals surface area contributed by atoms with Crippen molar-refractivity contribution >= 4 is 17.6 Å². The van der Waals surface area contributed by atoms with Gasteiger partial charge < -0.3 is 10.1 Å². The molecule has 1 aromatic heterocycles. The Morgan fingerprint density at radius 2 is 2.00 bits per heavy atom. The molecule has 0 saturated carbocycles. The van der Waals surface area contributed by atoms with E-state index in [2.05, 4.69) is 30.2 Å². The number of hydrogen-bond donors (Lipinski definition) is 1. The molecule has 0 aliphatic carbocycles. The molecule has 2 rings (SSSR count). The van der Waals surface area contributed by atoms with E-state index in [0.29, 0.717) is 5.92 Å². The predicted octanol–water partition coefficient (Wildman–Crippen LogP) is 4.11. The van der Waals surface area contributed by atoms with Gasteiger partial charge in [0.2, 0.25) is 0 Å². The minimum absolute atomic E-state index is 0.294. The highest BCUT2D eigenvalue weighted by atomic mass is 32.2. The highest BCUT2D eigenvalue weighted by molar-refractivity contribution is 7.99. The number of nitrogens with zero attached hydrogens (tertiary/aromatic N) is 2. The Hall–Kier alpha value is -1.75. The maximum Gasteiger partial charge on any atom is 0.134 e. The van der Waals surface area contributed by atoms with Crippen LogP contribution in [0.5, 0.6) is 5.75 Å². The third kappa shape index (κ3) is 3.67. The number of hydrogen-bond acceptors (Lipinski definition) is 5. The summed E-state index contributed by atoms with van der Waals surface area (Å²) in [7, 11) is 3.56. The minimum Gasteiger partial charge on any atom is -0.497 e. The van der Waals surface area contributed by atoms with Gasteiger partial charge in [0.15, 0.2) is 0 Å². The molecule has 4 nitrogen and oxygen atoms in total. The van der Waals surface area contributed by atoms with Crippen molar-refractivity contribution in [2.75, 3.05) is 19.5 Å². The van der Waals surface area contributed by atoms with Crippen LogP contribution in [-0.4, -0.2) is 24.1 Å². The SMILES string of the molecule is CNc1nc(C(C)C)nc(Sc2cccc(OC)c2)c1C. The lowest BCUT2D eigenvalue weighted by molar-refractivity contribution is 0.413. The van der Waals surface area contributed by atoms with Crippen molar-refractivity contribution in [3.8, 4) is 5.75 Å². The molecule has 0 bridgehead atoms. The van der Waals surface area contributed by atoms with Gasteiger partial charge in [-0.15, -0.1) is 0 Å². The number of rotatable bonds is 5. The van der Waals surface area contributed by atoms with Crippen LogP contribution in [0.1, 0.15) is 31.2 Å². The second-order valence-electron chi connectivity index (χ2n) is 5.05. The van der Waals surface area contributed by atoms with Crippen molar-refractivity contribution in [3.63, 3.8) is 0 Å². The lowest BCUT2D eigenvalue weighted by Gasteiger charge is -2.13.